The average Bonchev–Trinajstić information content (AvgIpc) is 3.31. The lowest BCUT2D eigenvalue weighted by molar-refractivity contribution is -0.134. The van der Waals surface area contributed by atoms with Gasteiger partial charge in [-0.1, -0.05) is 24.1 Å². The van der Waals surface area contributed by atoms with Gasteiger partial charge >= 0.3 is 0 Å². The van der Waals surface area contributed by atoms with E-state index in [1.807, 2.05) is 17.5 Å². The van der Waals surface area contributed by atoms with Crippen LogP contribution in [0.25, 0.3) is 10.7 Å². The van der Waals surface area contributed by atoms with E-state index in [1.54, 1.807) is 28.5 Å². The minimum atomic E-state index is -0.595. The number of aromatic amines is 1. The molecule has 0 fully saturated rings. The molecule has 1 N–H and O–H groups in total. The number of nitrogens with zero attached hydrogens (tertiary/aromatic N) is 3. The number of terminal acetylenes is 1. The van der Waals surface area contributed by atoms with Gasteiger partial charge in [0.2, 0.25) is 5.91 Å². The maximum absolute atomic E-state index is 13.1. The second-order valence-corrected chi connectivity index (χ2v) is 7.23. The number of aromatic nitrogens is 3. The van der Waals surface area contributed by atoms with Gasteiger partial charge in [0.25, 0.3) is 0 Å². The molecule has 1 amide bonds. The van der Waals surface area contributed by atoms with E-state index in [1.165, 1.54) is 23.5 Å². The van der Waals surface area contributed by atoms with Crippen LogP contribution in [0.1, 0.15) is 18.5 Å². The molecular formula is C19H17FN4OS2. The molecule has 0 saturated carbocycles. The zero-order chi connectivity index (χ0) is 19.4. The maximum Gasteiger partial charge on any atom is 0.246 e. The molecule has 0 bridgehead atoms. The molecular weight excluding hydrogens is 383 g/mol. The van der Waals surface area contributed by atoms with Crippen LogP contribution >= 0.6 is 23.6 Å². The number of rotatable bonds is 6. The molecule has 0 aliphatic carbocycles. The Bertz CT molecular complexity index is 1020. The van der Waals surface area contributed by atoms with Gasteiger partial charge < -0.3 is 4.90 Å². The minimum Gasteiger partial charge on any atom is -0.325 e. The van der Waals surface area contributed by atoms with Crippen LogP contribution in [0.2, 0.25) is 0 Å². The van der Waals surface area contributed by atoms with Crippen LogP contribution in [0, 0.1) is 22.9 Å². The van der Waals surface area contributed by atoms with Crippen molar-refractivity contribution < 1.29 is 9.18 Å². The summed E-state index contributed by atoms with van der Waals surface area (Å²) in [5.74, 6) is 2.61. The van der Waals surface area contributed by atoms with Crippen LogP contribution in [0.3, 0.4) is 0 Å². The van der Waals surface area contributed by atoms with Crippen molar-refractivity contribution in [3.63, 3.8) is 0 Å². The Morgan fingerprint density at radius 2 is 2.19 bits per heavy atom. The van der Waals surface area contributed by atoms with Gasteiger partial charge in [-0.25, -0.2) is 4.39 Å². The van der Waals surface area contributed by atoms with Crippen molar-refractivity contribution in [3.8, 4) is 23.0 Å². The third kappa shape index (κ3) is 4.15. The lowest BCUT2D eigenvalue weighted by Crippen LogP contribution is -2.36. The second kappa shape index (κ2) is 8.29. The van der Waals surface area contributed by atoms with E-state index in [-0.39, 0.29) is 24.8 Å². The SMILES string of the molecule is C#CCN(Cc1ccc(F)cc1)C(=O)C(C)n1c(-c2cccs2)n[nH]c1=S. The predicted octanol–water partition coefficient (Wildman–Crippen LogP) is 4.03. The normalized spacial score (nSPS) is 11.7. The van der Waals surface area contributed by atoms with Crippen LogP contribution in [-0.2, 0) is 11.3 Å². The molecule has 0 radical (unpaired) electrons. The third-order valence-corrected chi connectivity index (χ3v) is 5.22. The number of hydrogen-bond acceptors (Lipinski definition) is 4. The fraction of sp³-hybridized carbons (Fsp3) is 0.211. The summed E-state index contributed by atoms with van der Waals surface area (Å²) in [5, 5.41) is 8.96. The highest BCUT2D eigenvalue weighted by Gasteiger charge is 2.25. The first-order valence-corrected chi connectivity index (χ1v) is 9.47. The van der Waals surface area contributed by atoms with Crippen molar-refractivity contribution in [2.45, 2.75) is 19.5 Å². The average molecular weight is 401 g/mol. The summed E-state index contributed by atoms with van der Waals surface area (Å²) in [5.41, 5.74) is 0.793. The largest absolute Gasteiger partial charge is 0.325 e. The molecule has 0 aliphatic heterocycles. The van der Waals surface area contributed by atoms with Crippen molar-refractivity contribution in [3.05, 3.63) is 57.9 Å². The molecule has 3 rings (SSSR count). The molecule has 8 heteroatoms. The van der Waals surface area contributed by atoms with Gasteiger partial charge in [-0.05, 0) is 48.3 Å². The molecule has 2 heterocycles. The van der Waals surface area contributed by atoms with Crippen molar-refractivity contribution in [1.82, 2.24) is 19.7 Å². The van der Waals surface area contributed by atoms with E-state index in [2.05, 4.69) is 16.1 Å². The van der Waals surface area contributed by atoms with Crippen molar-refractivity contribution in [1.29, 1.82) is 0 Å². The Hall–Kier alpha value is -2.76. The lowest BCUT2D eigenvalue weighted by atomic mass is 10.2. The Balaban J connectivity index is 1.88. The van der Waals surface area contributed by atoms with Gasteiger partial charge in [0, 0.05) is 6.54 Å². The van der Waals surface area contributed by atoms with Crippen LogP contribution in [0.4, 0.5) is 4.39 Å². The summed E-state index contributed by atoms with van der Waals surface area (Å²) in [6.45, 7) is 2.19. The molecule has 27 heavy (non-hydrogen) atoms. The number of amides is 1. The Morgan fingerprint density at radius 1 is 1.44 bits per heavy atom. The first-order valence-electron chi connectivity index (χ1n) is 8.18. The van der Waals surface area contributed by atoms with Crippen LogP contribution in [0.15, 0.2) is 41.8 Å². The standard InChI is InChI=1S/C19H17FN4OS2/c1-3-10-23(12-14-6-8-15(20)9-7-14)18(25)13(2)24-17(21-22-19(24)26)16-5-4-11-27-16/h1,4-9,11,13H,10,12H2,2H3,(H,22,26). The van der Waals surface area contributed by atoms with Gasteiger partial charge in [0.05, 0.1) is 11.4 Å². The fourth-order valence-corrected chi connectivity index (χ4v) is 3.75. The number of H-pyrrole nitrogens is 1. The van der Waals surface area contributed by atoms with Crippen LogP contribution in [0.5, 0.6) is 0 Å². The molecule has 3 aromatic rings. The van der Waals surface area contributed by atoms with Crippen molar-refractivity contribution in [2.24, 2.45) is 0 Å². The van der Waals surface area contributed by atoms with Crippen molar-refractivity contribution in [2.75, 3.05) is 6.54 Å². The molecule has 5 nitrogen and oxygen atoms in total. The zero-order valence-corrected chi connectivity index (χ0v) is 16.2. The summed E-state index contributed by atoms with van der Waals surface area (Å²) in [6, 6.07) is 9.22. The number of carbonyl (C=O) groups excluding carboxylic acids is 1. The molecule has 0 saturated heterocycles. The summed E-state index contributed by atoms with van der Waals surface area (Å²) in [4.78, 5) is 15.6. The molecule has 2 aromatic heterocycles. The van der Waals surface area contributed by atoms with Crippen LogP contribution in [-0.4, -0.2) is 32.1 Å². The van der Waals surface area contributed by atoms with E-state index in [4.69, 9.17) is 18.6 Å². The van der Waals surface area contributed by atoms with E-state index in [0.29, 0.717) is 10.6 Å². The Labute approximate surface area is 165 Å². The highest BCUT2D eigenvalue weighted by Crippen LogP contribution is 2.26. The zero-order valence-electron chi connectivity index (χ0n) is 14.6. The quantitative estimate of drug-likeness (QED) is 0.502. The second-order valence-electron chi connectivity index (χ2n) is 5.90. The highest BCUT2D eigenvalue weighted by atomic mass is 32.1. The number of nitrogens with one attached hydrogen (secondary N) is 1. The predicted molar refractivity (Wildman–Crippen MR) is 106 cm³/mol. The maximum atomic E-state index is 13.1. The van der Waals surface area contributed by atoms with E-state index in [9.17, 15) is 9.18 Å². The topological polar surface area (TPSA) is 53.9 Å². The molecule has 1 unspecified atom stereocenters. The van der Waals surface area contributed by atoms with Crippen molar-refractivity contribution >= 4 is 29.5 Å². The monoisotopic (exact) mass is 400 g/mol. The number of halogens is 1. The van der Waals surface area contributed by atoms with Gasteiger partial charge in [-0.2, -0.15) is 5.10 Å². The van der Waals surface area contributed by atoms with E-state index in [0.717, 1.165) is 10.4 Å². The first kappa shape index (κ1) is 19.0. The van der Waals surface area contributed by atoms with Crippen LogP contribution < -0.4 is 0 Å². The summed E-state index contributed by atoms with van der Waals surface area (Å²) in [7, 11) is 0. The number of hydrogen-bond donors (Lipinski definition) is 1. The van der Waals surface area contributed by atoms with Gasteiger partial charge in [0.1, 0.15) is 11.9 Å². The number of benzene rings is 1. The number of thiophene rings is 1. The molecule has 1 aromatic carbocycles. The molecule has 0 spiro atoms. The fourth-order valence-electron chi connectivity index (χ4n) is 2.75. The molecule has 138 valence electrons. The summed E-state index contributed by atoms with van der Waals surface area (Å²) >= 11 is 6.85. The molecule has 0 aliphatic rings. The highest BCUT2D eigenvalue weighted by molar-refractivity contribution is 7.71. The summed E-state index contributed by atoms with van der Waals surface area (Å²) in [6.07, 6.45) is 5.45. The number of carbonyl (C=O) groups is 1. The van der Waals surface area contributed by atoms with Gasteiger partial charge in [0.15, 0.2) is 10.6 Å². The lowest BCUT2D eigenvalue weighted by Gasteiger charge is -2.25. The first-order chi connectivity index (χ1) is 13.0. The van der Waals surface area contributed by atoms with E-state index >= 15 is 0 Å². The minimum absolute atomic E-state index is 0.139. The third-order valence-electron chi connectivity index (χ3n) is 4.07. The van der Waals surface area contributed by atoms with Gasteiger partial charge in [-0.3, -0.25) is 14.5 Å². The smallest absolute Gasteiger partial charge is 0.246 e. The Morgan fingerprint density at radius 3 is 2.81 bits per heavy atom. The van der Waals surface area contributed by atoms with Gasteiger partial charge in [-0.15, -0.1) is 17.8 Å². The van der Waals surface area contributed by atoms with E-state index < -0.39 is 6.04 Å². The Kier molecular flexibility index (Phi) is 5.84. The summed E-state index contributed by atoms with van der Waals surface area (Å²) < 4.78 is 15.2. The molecule has 1 atom stereocenters.